The number of benzene rings is 1. The fraction of sp³-hybridized carbons (Fsp3) is 0.357. The molecule has 0 aliphatic carbocycles. The molecule has 0 unspecified atom stereocenters. The van der Waals surface area contributed by atoms with E-state index >= 15 is 0 Å². The van der Waals surface area contributed by atoms with Gasteiger partial charge in [-0.3, -0.25) is 10.1 Å². The molecule has 0 saturated carbocycles. The molecule has 1 aromatic rings. The smallest absolute Gasteiger partial charge is 0.407 e. The molecule has 0 saturated heterocycles. The van der Waals surface area contributed by atoms with Crippen LogP contribution in [0.4, 0.5) is 4.79 Å². The average molecular weight is 278 g/mol. The van der Waals surface area contributed by atoms with Crippen LogP contribution < -0.4 is 5.32 Å². The lowest BCUT2D eigenvalue weighted by atomic mass is 10.2. The van der Waals surface area contributed by atoms with Crippen LogP contribution in [0.1, 0.15) is 25.3 Å². The zero-order valence-electron chi connectivity index (χ0n) is 11.4. The van der Waals surface area contributed by atoms with Gasteiger partial charge in [-0.25, -0.2) is 4.79 Å². The fourth-order valence-electron chi connectivity index (χ4n) is 1.46. The maximum Gasteiger partial charge on any atom is 0.407 e. The number of nitro groups is 1. The van der Waals surface area contributed by atoms with Crippen LogP contribution in [-0.2, 0) is 11.3 Å². The number of carbonyl (C=O) groups excluding carboxylic acids is 1. The minimum absolute atomic E-state index is 0.0245. The van der Waals surface area contributed by atoms with Crippen molar-refractivity contribution in [3.8, 4) is 0 Å². The first kappa shape index (κ1) is 15.7. The summed E-state index contributed by atoms with van der Waals surface area (Å²) in [4.78, 5) is 21.7. The summed E-state index contributed by atoms with van der Waals surface area (Å²) < 4.78 is 4.96. The second kappa shape index (κ2) is 8.68. The molecule has 0 aromatic heterocycles. The largest absolute Gasteiger partial charge is 0.445 e. The van der Waals surface area contributed by atoms with Gasteiger partial charge >= 0.3 is 6.09 Å². The van der Waals surface area contributed by atoms with Gasteiger partial charge in [0.05, 0.1) is 4.92 Å². The third-order valence-corrected chi connectivity index (χ3v) is 2.53. The number of alkyl carbamates (subject to hydrolysis) is 1. The first-order valence-corrected chi connectivity index (χ1v) is 6.41. The molecule has 0 heterocycles. The lowest BCUT2D eigenvalue weighted by Crippen LogP contribution is -2.28. The number of nitrogens with zero attached hydrogens (tertiary/aromatic N) is 1. The molecule has 0 bridgehead atoms. The fourth-order valence-corrected chi connectivity index (χ4v) is 1.46. The van der Waals surface area contributed by atoms with Crippen molar-refractivity contribution in [2.45, 2.75) is 26.4 Å². The molecule has 108 valence electrons. The Hall–Kier alpha value is -2.37. The van der Waals surface area contributed by atoms with Crippen LogP contribution >= 0.6 is 0 Å². The molecule has 6 heteroatoms. The molecule has 0 atom stereocenters. The average Bonchev–Trinajstić information content (AvgIpc) is 2.46. The number of hydrogen-bond donors (Lipinski definition) is 1. The van der Waals surface area contributed by atoms with Gasteiger partial charge < -0.3 is 10.1 Å². The quantitative estimate of drug-likeness (QED) is 0.614. The minimum Gasteiger partial charge on any atom is -0.445 e. The molecule has 1 amide bonds. The molecule has 20 heavy (non-hydrogen) atoms. The molecule has 1 N–H and O–H groups in total. The van der Waals surface area contributed by atoms with Crippen molar-refractivity contribution in [3.05, 3.63) is 57.8 Å². The summed E-state index contributed by atoms with van der Waals surface area (Å²) in [6.07, 6.45) is 2.27. The SMILES string of the molecule is CCC/C=C(/CNC(=O)OCc1ccccc1)[N+](=O)[O-]. The molecule has 1 aromatic carbocycles. The van der Waals surface area contributed by atoms with E-state index in [0.29, 0.717) is 6.42 Å². The van der Waals surface area contributed by atoms with Crippen LogP contribution in [0, 0.1) is 10.1 Å². The first-order chi connectivity index (χ1) is 9.63. The topological polar surface area (TPSA) is 81.5 Å². The summed E-state index contributed by atoms with van der Waals surface area (Å²) in [7, 11) is 0. The summed E-state index contributed by atoms with van der Waals surface area (Å²) in [6, 6.07) is 9.21. The zero-order chi connectivity index (χ0) is 14.8. The second-order valence-electron chi connectivity index (χ2n) is 4.16. The van der Waals surface area contributed by atoms with Crippen LogP contribution in [0.15, 0.2) is 42.1 Å². The van der Waals surface area contributed by atoms with Crippen LogP contribution in [0.3, 0.4) is 0 Å². The van der Waals surface area contributed by atoms with E-state index in [9.17, 15) is 14.9 Å². The van der Waals surface area contributed by atoms with Gasteiger partial charge in [-0.05, 0) is 18.1 Å². The van der Waals surface area contributed by atoms with Crippen molar-refractivity contribution in [1.82, 2.24) is 5.32 Å². The number of ether oxygens (including phenoxy) is 1. The third-order valence-electron chi connectivity index (χ3n) is 2.53. The maximum atomic E-state index is 11.4. The van der Waals surface area contributed by atoms with Crippen LogP contribution in [0.5, 0.6) is 0 Å². The summed E-state index contributed by atoms with van der Waals surface area (Å²) in [5.74, 6) is 0. The number of hydrogen-bond acceptors (Lipinski definition) is 4. The highest BCUT2D eigenvalue weighted by Gasteiger charge is 2.12. The van der Waals surface area contributed by atoms with Gasteiger partial charge in [0, 0.05) is 0 Å². The standard InChI is InChI=1S/C14H18N2O4/c1-2-3-9-13(16(18)19)10-15-14(17)20-11-12-7-5-4-6-8-12/h4-9H,2-3,10-11H2,1H3,(H,15,17)/b13-9-. The molecule has 0 radical (unpaired) electrons. The van der Waals surface area contributed by atoms with Crippen molar-refractivity contribution in [2.75, 3.05) is 6.54 Å². The van der Waals surface area contributed by atoms with Crippen molar-refractivity contribution < 1.29 is 14.5 Å². The van der Waals surface area contributed by atoms with Crippen LogP contribution in [0.2, 0.25) is 0 Å². The lowest BCUT2D eigenvalue weighted by molar-refractivity contribution is -0.426. The first-order valence-electron chi connectivity index (χ1n) is 6.41. The van der Waals surface area contributed by atoms with E-state index in [4.69, 9.17) is 4.74 Å². The van der Waals surface area contributed by atoms with Crippen molar-refractivity contribution in [2.24, 2.45) is 0 Å². The summed E-state index contributed by atoms with van der Waals surface area (Å²) in [5, 5.41) is 13.1. The molecule has 1 rings (SSSR count). The predicted octanol–water partition coefficient (Wildman–Crippen LogP) is 2.87. The summed E-state index contributed by atoms with van der Waals surface area (Å²) in [5.41, 5.74) is 0.835. The van der Waals surface area contributed by atoms with E-state index in [2.05, 4.69) is 5.32 Å². The van der Waals surface area contributed by atoms with Gasteiger partial charge in [-0.15, -0.1) is 0 Å². The van der Waals surface area contributed by atoms with E-state index in [0.717, 1.165) is 12.0 Å². The zero-order valence-corrected chi connectivity index (χ0v) is 11.4. The Morgan fingerprint density at radius 3 is 2.70 bits per heavy atom. The summed E-state index contributed by atoms with van der Waals surface area (Å²) >= 11 is 0. The Morgan fingerprint density at radius 2 is 2.10 bits per heavy atom. The molecule has 6 nitrogen and oxygen atoms in total. The molecule has 0 aliphatic rings. The highest BCUT2D eigenvalue weighted by Crippen LogP contribution is 2.02. The van der Waals surface area contributed by atoms with E-state index < -0.39 is 11.0 Å². The van der Waals surface area contributed by atoms with E-state index in [1.54, 1.807) is 0 Å². The molecule has 0 fully saturated rings. The Bertz CT molecular complexity index is 471. The number of amides is 1. The van der Waals surface area contributed by atoms with Gasteiger partial charge in [-0.2, -0.15) is 0 Å². The monoisotopic (exact) mass is 278 g/mol. The van der Waals surface area contributed by atoms with E-state index in [-0.39, 0.29) is 18.8 Å². The van der Waals surface area contributed by atoms with Crippen LogP contribution in [0.25, 0.3) is 0 Å². The Kier molecular flexibility index (Phi) is 6.81. The minimum atomic E-state index is -0.668. The van der Waals surface area contributed by atoms with Gasteiger partial charge in [0.25, 0.3) is 5.70 Å². The van der Waals surface area contributed by atoms with E-state index in [1.807, 2.05) is 37.3 Å². The van der Waals surface area contributed by atoms with Gasteiger partial charge in [0.15, 0.2) is 0 Å². The number of unbranched alkanes of at least 4 members (excludes halogenated alkanes) is 1. The Morgan fingerprint density at radius 1 is 1.40 bits per heavy atom. The van der Waals surface area contributed by atoms with Crippen molar-refractivity contribution in [3.63, 3.8) is 0 Å². The number of rotatable bonds is 7. The van der Waals surface area contributed by atoms with Crippen molar-refractivity contribution >= 4 is 6.09 Å². The third kappa shape index (κ3) is 5.99. The second-order valence-corrected chi connectivity index (χ2v) is 4.16. The molecular formula is C14H18N2O4. The molecule has 0 spiro atoms. The van der Waals surface area contributed by atoms with Crippen molar-refractivity contribution in [1.29, 1.82) is 0 Å². The predicted molar refractivity (Wildman–Crippen MR) is 74.6 cm³/mol. The van der Waals surface area contributed by atoms with Gasteiger partial charge in [-0.1, -0.05) is 43.7 Å². The maximum absolute atomic E-state index is 11.4. The molecule has 0 aliphatic heterocycles. The number of allylic oxidation sites excluding steroid dienone is 1. The van der Waals surface area contributed by atoms with E-state index in [1.165, 1.54) is 6.08 Å². The highest BCUT2D eigenvalue weighted by atomic mass is 16.6. The van der Waals surface area contributed by atoms with Gasteiger partial charge in [0.2, 0.25) is 0 Å². The highest BCUT2D eigenvalue weighted by molar-refractivity contribution is 5.67. The summed E-state index contributed by atoms with van der Waals surface area (Å²) in [6.45, 7) is 1.93. The Labute approximate surface area is 117 Å². The number of carbonyl (C=O) groups is 1. The lowest BCUT2D eigenvalue weighted by Gasteiger charge is -2.06. The normalized spacial score (nSPS) is 10.9. The molecular weight excluding hydrogens is 260 g/mol. The number of nitrogens with one attached hydrogen (secondary N) is 1. The van der Waals surface area contributed by atoms with Crippen LogP contribution in [-0.4, -0.2) is 17.6 Å². The Balaban J connectivity index is 2.36. The van der Waals surface area contributed by atoms with Gasteiger partial charge in [0.1, 0.15) is 13.2 Å².